The van der Waals surface area contributed by atoms with E-state index in [4.69, 9.17) is 8.83 Å². The summed E-state index contributed by atoms with van der Waals surface area (Å²) in [5, 5.41) is 4.24. The van der Waals surface area contributed by atoms with Crippen LogP contribution in [0.5, 0.6) is 0 Å². The van der Waals surface area contributed by atoms with Crippen LogP contribution in [0, 0.1) is 0 Å². The first-order valence-corrected chi connectivity index (χ1v) is 16.6. The number of nitrogens with zero attached hydrogens (tertiary/aromatic N) is 3. The van der Waals surface area contributed by atoms with Crippen molar-refractivity contribution in [3.63, 3.8) is 0 Å². The number of anilines is 2. The van der Waals surface area contributed by atoms with Crippen molar-refractivity contribution in [1.82, 2.24) is 9.97 Å². The van der Waals surface area contributed by atoms with Gasteiger partial charge in [0.1, 0.15) is 11.0 Å². The van der Waals surface area contributed by atoms with Crippen LogP contribution in [-0.4, -0.2) is 9.97 Å². The zero-order valence-electron chi connectivity index (χ0n) is 27.9. The second kappa shape index (κ2) is 13.1. The van der Waals surface area contributed by atoms with Crippen LogP contribution in [0.1, 0.15) is 0 Å². The van der Waals surface area contributed by atoms with Gasteiger partial charge in [0.25, 0.3) is 0 Å². The van der Waals surface area contributed by atoms with Gasteiger partial charge in [0.2, 0.25) is 11.8 Å². The molecule has 0 N–H and O–H groups in total. The molecule has 8 rings (SSSR count). The molecule has 0 radical (unpaired) electrons. The minimum atomic E-state index is 0.568. The van der Waals surface area contributed by atoms with Crippen LogP contribution in [0.25, 0.3) is 68.5 Å². The van der Waals surface area contributed by atoms with Gasteiger partial charge < -0.3 is 13.7 Å². The molecule has 5 heteroatoms. The summed E-state index contributed by atoms with van der Waals surface area (Å²) in [5.41, 5.74) is 9.00. The van der Waals surface area contributed by atoms with E-state index in [1.54, 1.807) is 0 Å². The second-order valence-electron chi connectivity index (χ2n) is 12.3. The second-order valence-corrected chi connectivity index (χ2v) is 12.3. The predicted octanol–water partition coefficient (Wildman–Crippen LogP) is 10.7. The smallest absolute Gasteiger partial charge is 0.227 e. The molecule has 8 aromatic rings. The molecule has 0 atom stereocenters. The molecule has 0 saturated carbocycles. The summed E-state index contributed by atoms with van der Waals surface area (Å²) in [4.78, 5) is 11.4. The highest BCUT2D eigenvalue weighted by atomic mass is 16.4. The number of aromatic nitrogens is 2. The van der Waals surface area contributed by atoms with Crippen LogP contribution in [0.4, 0.5) is 11.4 Å². The molecule has 244 valence electrons. The summed E-state index contributed by atoms with van der Waals surface area (Å²) in [6, 6.07) is 44.1. The minimum absolute atomic E-state index is 0.568. The van der Waals surface area contributed by atoms with Gasteiger partial charge in [0, 0.05) is 28.2 Å². The summed E-state index contributed by atoms with van der Waals surface area (Å²) in [6.07, 6.45) is 5.92. The summed E-state index contributed by atoms with van der Waals surface area (Å²) in [5.74, 6) is 1.14. The summed E-state index contributed by atoms with van der Waals surface area (Å²) >= 11 is 0. The molecule has 5 nitrogen and oxygen atoms in total. The number of allylic oxidation sites excluding steroid dienone is 4. The number of para-hydroxylation sites is 4. The Hall–Kier alpha value is -6.98. The molecule has 0 spiro atoms. The molecule has 6 aromatic carbocycles. The van der Waals surface area contributed by atoms with Crippen LogP contribution in [0.3, 0.4) is 0 Å². The van der Waals surface area contributed by atoms with Crippen molar-refractivity contribution < 1.29 is 8.83 Å². The van der Waals surface area contributed by atoms with E-state index in [9.17, 15) is 0 Å². The van der Waals surface area contributed by atoms with Crippen molar-refractivity contribution in [1.29, 1.82) is 0 Å². The SMILES string of the molecule is C=C(/C=C\C(=C)N(c1ccc(-c2nc3ccccc3o2)cc1)c1ccc(-c2nc3ccccc3o2)cc1)C(=C)/C=c1/ccc2ccccc2c1=C. The maximum Gasteiger partial charge on any atom is 0.227 e. The molecule has 0 saturated heterocycles. The van der Waals surface area contributed by atoms with Crippen molar-refractivity contribution in [3.05, 3.63) is 193 Å². The Bertz CT molecular complexity index is 2580. The third-order valence-electron chi connectivity index (χ3n) is 8.92. The quantitative estimate of drug-likeness (QED) is 0.144. The Morgan fingerprint density at radius 2 is 1.08 bits per heavy atom. The first-order valence-electron chi connectivity index (χ1n) is 16.6. The van der Waals surface area contributed by atoms with E-state index in [1.165, 1.54) is 0 Å². The molecular weight excluding hydrogens is 627 g/mol. The maximum absolute atomic E-state index is 6.03. The zero-order valence-corrected chi connectivity index (χ0v) is 27.9. The van der Waals surface area contributed by atoms with Crippen LogP contribution < -0.4 is 15.3 Å². The van der Waals surface area contributed by atoms with Gasteiger partial charge >= 0.3 is 0 Å². The lowest BCUT2D eigenvalue weighted by Crippen LogP contribution is -2.23. The topological polar surface area (TPSA) is 55.3 Å². The van der Waals surface area contributed by atoms with Crippen LogP contribution in [0.2, 0.25) is 0 Å². The number of benzene rings is 6. The molecule has 2 aromatic heterocycles. The molecule has 0 aliphatic heterocycles. The van der Waals surface area contributed by atoms with Gasteiger partial charge in [0.15, 0.2) is 11.2 Å². The molecule has 0 aliphatic carbocycles. The van der Waals surface area contributed by atoms with E-state index >= 15 is 0 Å². The van der Waals surface area contributed by atoms with Gasteiger partial charge in [-0.1, -0.05) is 93.1 Å². The lowest BCUT2D eigenvalue weighted by molar-refractivity contribution is 0.619. The van der Waals surface area contributed by atoms with Crippen LogP contribution in [0.15, 0.2) is 191 Å². The van der Waals surface area contributed by atoms with Gasteiger partial charge in [-0.3, -0.25) is 0 Å². The zero-order chi connectivity index (χ0) is 34.9. The van der Waals surface area contributed by atoms with Gasteiger partial charge in [-0.05, 0) is 117 Å². The third kappa shape index (κ3) is 6.20. The fourth-order valence-electron chi connectivity index (χ4n) is 6.13. The van der Waals surface area contributed by atoms with E-state index in [1.807, 2.05) is 127 Å². The summed E-state index contributed by atoms with van der Waals surface area (Å²) < 4.78 is 12.1. The Balaban J connectivity index is 1.10. The minimum Gasteiger partial charge on any atom is -0.436 e. The summed E-state index contributed by atoms with van der Waals surface area (Å²) in [7, 11) is 0. The van der Waals surface area contributed by atoms with Crippen molar-refractivity contribution in [2.45, 2.75) is 0 Å². The van der Waals surface area contributed by atoms with Gasteiger partial charge in [-0.25, -0.2) is 9.97 Å². The molecule has 0 fully saturated rings. The van der Waals surface area contributed by atoms with E-state index < -0.39 is 0 Å². The molecule has 0 bridgehead atoms. The normalized spacial score (nSPS) is 11.9. The Kier molecular flexibility index (Phi) is 8.07. The fourth-order valence-corrected chi connectivity index (χ4v) is 6.13. The molecule has 0 amide bonds. The van der Waals surface area contributed by atoms with E-state index in [-0.39, 0.29) is 0 Å². The average Bonchev–Trinajstić information content (AvgIpc) is 3.81. The Morgan fingerprint density at radius 3 is 1.65 bits per heavy atom. The number of hydrogen-bond acceptors (Lipinski definition) is 5. The molecule has 0 aliphatic rings. The van der Waals surface area contributed by atoms with Crippen LogP contribution >= 0.6 is 0 Å². The third-order valence-corrected chi connectivity index (χ3v) is 8.92. The highest BCUT2D eigenvalue weighted by molar-refractivity contribution is 5.84. The highest BCUT2D eigenvalue weighted by Crippen LogP contribution is 2.34. The summed E-state index contributed by atoms with van der Waals surface area (Å²) in [6.45, 7) is 17.4. The largest absolute Gasteiger partial charge is 0.436 e. The Morgan fingerprint density at radius 1 is 0.549 bits per heavy atom. The van der Waals surface area contributed by atoms with Crippen molar-refractivity contribution in [2.24, 2.45) is 0 Å². The number of fused-ring (bicyclic) bond motifs is 3. The van der Waals surface area contributed by atoms with E-state index in [0.717, 1.165) is 82.8 Å². The van der Waals surface area contributed by atoms with E-state index in [2.05, 4.69) is 65.4 Å². The van der Waals surface area contributed by atoms with E-state index in [0.29, 0.717) is 11.8 Å². The predicted molar refractivity (Wildman–Crippen MR) is 211 cm³/mol. The van der Waals surface area contributed by atoms with Gasteiger partial charge in [-0.15, -0.1) is 0 Å². The molecular formula is C46H33N3O2. The lowest BCUT2D eigenvalue weighted by atomic mass is 10.0. The fraction of sp³-hybridized carbons (Fsp3) is 0. The molecule has 2 heterocycles. The van der Waals surface area contributed by atoms with Crippen molar-refractivity contribution >= 4 is 57.0 Å². The van der Waals surface area contributed by atoms with Crippen molar-refractivity contribution in [3.8, 4) is 22.9 Å². The monoisotopic (exact) mass is 659 g/mol. The number of oxazole rings is 2. The first kappa shape index (κ1) is 31.3. The van der Waals surface area contributed by atoms with Gasteiger partial charge in [-0.2, -0.15) is 0 Å². The maximum atomic E-state index is 6.03. The number of rotatable bonds is 9. The first-order chi connectivity index (χ1) is 24.9. The highest BCUT2D eigenvalue weighted by Gasteiger charge is 2.15. The Labute approximate surface area is 295 Å². The van der Waals surface area contributed by atoms with Gasteiger partial charge in [0.05, 0.1) is 0 Å². The van der Waals surface area contributed by atoms with Crippen molar-refractivity contribution in [2.75, 3.05) is 4.90 Å². The molecule has 0 unspecified atom stereocenters. The number of hydrogen-bond donors (Lipinski definition) is 0. The van der Waals surface area contributed by atoms with Crippen LogP contribution in [-0.2, 0) is 0 Å². The average molecular weight is 660 g/mol. The molecule has 51 heavy (non-hydrogen) atoms. The lowest BCUT2D eigenvalue weighted by Gasteiger charge is -2.26. The standard InChI is InChI=1S/C46H33N3O2/c1-30(31(2)29-37-20-19-34-11-5-6-12-40(34)33(37)4)17-18-32(3)49(38-25-21-35(22-26-38)45-47-41-13-7-9-15-43(41)50-45)39-27-23-36(24-28-39)46-48-42-14-8-10-16-44(42)51-46/h5-29H,1-4H2/b18-17-,37-29-.